The molecule has 1 unspecified atom stereocenters. The summed E-state index contributed by atoms with van der Waals surface area (Å²) in [4.78, 5) is 7.14. The van der Waals surface area contributed by atoms with Crippen molar-refractivity contribution < 1.29 is 4.74 Å². The van der Waals surface area contributed by atoms with Crippen molar-refractivity contribution in [3.63, 3.8) is 0 Å². The Morgan fingerprint density at radius 2 is 2.19 bits per heavy atom. The van der Waals surface area contributed by atoms with Crippen LogP contribution in [0.25, 0.3) is 0 Å². The van der Waals surface area contributed by atoms with Crippen LogP contribution in [-0.2, 0) is 6.54 Å². The summed E-state index contributed by atoms with van der Waals surface area (Å²) < 4.78 is 5.71. The summed E-state index contributed by atoms with van der Waals surface area (Å²) in [5, 5.41) is 6.83. The molecule has 1 fully saturated rings. The SMILES string of the molecule is C=CCOc1ccccc1CN=C(NCC)NCC1CCCN(C)C1.I. The minimum Gasteiger partial charge on any atom is -0.489 e. The Kier molecular flexibility index (Phi) is 11.4. The number of hydrogen-bond acceptors (Lipinski definition) is 3. The zero-order chi connectivity index (χ0) is 17.9. The van der Waals surface area contributed by atoms with E-state index < -0.39 is 0 Å². The van der Waals surface area contributed by atoms with Crippen molar-refractivity contribution in [2.45, 2.75) is 26.3 Å². The van der Waals surface area contributed by atoms with E-state index in [9.17, 15) is 0 Å². The molecule has 5 nitrogen and oxygen atoms in total. The number of nitrogens with zero attached hydrogens (tertiary/aromatic N) is 2. The first-order valence-electron chi connectivity index (χ1n) is 9.25. The average molecular weight is 472 g/mol. The molecule has 26 heavy (non-hydrogen) atoms. The molecule has 6 heteroatoms. The lowest BCUT2D eigenvalue weighted by Gasteiger charge is -2.30. The summed E-state index contributed by atoms with van der Waals surface area (Å²) in [6, 6.07) is 8.03. The predicted octanol–water partition coefficient (Wildman–Crippen LogP) is 3.27. The summed E-state index contributed by atoms with van der Waals surface area (Å²) in [5.41, 5.74) is 1.08. The van der Waals surface area contributed by atoms with Gasteiger partial charge in [-0.15, -0.1) is 24.0 Å². The zero-order valence-electron chi connectivity index (χ0n) is 16.0. The molecule has 146 valence electrons. The number of piperidine rings is 1. The molecule has 1 aromatic carbocycles. The van der Waals surface area contributed by atoms with Crippen LogP contribution in [0.1, 0.15) is 25.3 Å². The molecule has 0 aliphatic carbocycles. The molecule has 1 heterocycles. The van der Waals surface area contributed by atoms with E-state index in [1.165, 1.54) is 19.4 Å². The van der Waals surface area contributed by atoms with E-state index in [0.717, 1.165) is 36.9 Å². The van der Waals surface area contributed by atoms with Gasteiger partial charge in [-0.3, -0.25) is 0 Å². The fraction of sp³-hybridized carbons (Fsp3) is 0.550. The molecule has 0 saturated carbocycles. The molecule has 1 aliphatic heterocycles. The molecule has 2 N–H and O–H groups in total. The number of likely N-dealkylation sites (tertiary alicyclic amines) is 1. The Morgan fingerprint density at radius 1 is 1.38 bits per heavy atom. The minimum absolute atomic E-state index is 0. The Balaban J connectivity index is 0.00000338. The molecule has 2 rings (SSSR count). The third-order valence-corrected chi connectivity index (χ3v) is 4.36. The van der Waals surface area contributed by atoms with E-state index >= 15 is 0 Å². The third kappa shape index (κ3) is 7.95. The molecule has 0 amide bonds. The van der Waals surface area contributed by atoms with Gasteiger partial charge in [0, 0.05) is 25.2 Å². The van der Waals surface area contributed by atoms with Crippen molar-refractivity contribution in [1.82, 2.24) is 15.5 Å². The van der Waals surface area contributed by atoms with Gasteiger partial charge >= 0.3 is 0 Å². The predicted molar refractivity (Wildman–Crippen MR) is 121 cm³/mol. The lowest BCUT2D eigenvalue weighted by molar-refractivity contribution is 0.210. The second-order valence-corrected chi connectivity index (χ2v) is 6.55. The van der Waals surface area contributed by atoms with Gasteiger partial charge in [-0.1, -0.05) is 30.9 Å². The summed E-state index contributed by atoms with van der Waals surface area (Å²) in [7, 11) is 2.20. The van der Waals surface area contributed by atoms with E-state index in [2.05, 4.69) is 42.2 Å². The maximum absolute atomic E-state index is 5.71. The molecule has 1 saturated heterocycles. The fourth-order valence-corrected chi connectivity index (χ4v) is 3.11. The maximum Gasteiger partial charge on any atom is 0.191 e. The van der Waals surface area contributed by atoms with Gasteiger partial charge < -0.3 is 20.3 Å². The topological polar surface area (TPSA) is 48.9 Å². The van der Waals surface area contributed by atoms with E-state index in [1.807, 2.05) is 18.2 Å². The van der Waals surface area contributed by atoms with Crippen molar-refractivity contribution >= 4 is 29.9 Å². The third-order valence-electron chi connectivity index (χ3n) is 4.36. The van der Waals surface area contributed by atoms with Gasteiger partial charge in [-0.25, -0.2) is 4.99 Å². The van der Waals surface area contributed by atoms with E-state index in [1.54, 1.807) is 6.08 Å². The van der Waals surface area contributed by atoms with Crippen LogP contribution < -0.4 is 15.4 Å². The maximum atomic E-state index is 5.71. The van der Waals surface area contributed by atoms with Gasteiger partial charge in [0.15, 0.2) is 5.96 Å². The average Bonchev–Trinajstić information content (AvgIpc) is 2.63. The number of nitrogens with one attached hydrogen (secondary N) is 2. The summed E-state index contributed by atoms with van der Waals surface area (Å²) in [6.45, 7) is 11.1. The first-order valence-corrected chi connectivity index (χ1v) is 9.25. The molecule has 1 aliphatic rings. The molecule has 0 bridgehead atoms. The fourth-order valence-electron chi connectivity index (χ4n) is 3.11. The normalized spacial score (nSPS) is 17.9. The highest BCUT2D eigenvalue weighted by Gasteiger charge is 2.17. The molecule has 0 aromatic heterocycles. The Hall–Kier alpha value is -1.28. The number of ether oxygens (including phenoxy) is 1. The van der Waals surface area contributed by atoms with Crippen LogP contribution in [-0.4, -0.2) is 50.7 Å². The monoisotopic (exact) mass is 472 g/mol. The van der Waals surface area contributed by atoms with E-state index in [0.29, 0.717) is 19.1 Å². The number of para-hydroxylation sites is 1. The standard InChI is InChI=1S/C20H32N4O.HI/c1-4-13-25-19-11-7-6-10-18(19)15-23-20(21-5-2)22-14-17-9-8-12-24(3)16-17;/h4,6-7,10-11,17H,1,5,8-9,12-16H2,2-3H3,(H2,21,22,23);1H. The summed E-state index contributed by atoms with van der Waals surface area (Å²) in [5.74, 6) is 2.43. The van der Waals surface area contributed by atoms with Crippen LogP contribution in [0.4, 0.5) is 0 Å². The van der Waals surface area contributed by atoms with Crippen molar-refractivity contribution in [3.05, 3.63) is 42.5 Å². The highest BCUT2D eigenvalue weighted by molar-refractivity contribution is 14.0. The molecule has 0 spiro atoms. The van der Waals surface area contributed by atoms with E-state index in [-0.39, 0.29) is 24.0 Å². The molecular weight excluding hydrogens is 439 g/mol. The van der Waals surface area contributed by atoms with Crippen LogP contribution in [0.5, 0.6) is 5.75 Å². The Labute approximate surface area is 175 Å². The first kappa shape index (κ1) is 22.8. The second kappa shape index (κ2) is 13.0. The largest absolute Gasteiger partial charge is 0.489 e. The minimum atomic E-state index is 0. The smallest absolute Gasteiger partial charge is 0.191 e. The number of benzene rings is 1. The van der Waals surface area contributed by atoms with Gasteiger partial charge in [0.25, 0.3) is 0 Å². The van der Waals surface area contributed by atoms with Crippen molar-refractivity contribution in [1.29, 1.82) is 0 Å². The highest BCUT2D eigenvalue weighted by atomic mass is 127. The Morgan fingerprint density at radius 3 is 2.92 bits per heavy atom. The summed E-state index contributed by atoms with van der Waals surface area (Å²) >= 11 is 0. The molecule has 0 radical (unpaired) electrons. The van der Waals surface area contributed by atoms with Crippen LogP contribution in [0.2, 0.25) is 0 Å². The second-order valence-electron chi connectivity index (χ2n) is 6.55. The number of aliphatic imine (C=N–C) groups is 1. The highest BCUT2D eigenvalue weighted by Crippen LogP contribution is 2.19. The number of halogens is 1. The quantitative estimate of drug-likeness (QED) is 0.264. The van der Waals surface area contributed by atoms with Crippen LogP contribution in [0.3, 0.4) is 0 Å². The van der Waals surface area contributed by atoms with Gasteiger partial charge in [0.05, 0.1) is 6.54 Å². The Bertz CT molecular complexity index is 564. The van der Waals surface area contributed by atoms with Crippen molar-refractivity contribution in [2.75, 3.05) is 39.8 Å². The van der Waals surface area contributed by atoms with Crippen LogP contribution in [0.15, 0.2) is 41.9 Å². The van der Waals surface area contributed by atoms with Gasteiger partial charge in [-0.05, 0) is 45.3 Å². The van der Waals surface area contributed by atoms with Gasteiger partial charge in [0.1, 0.15) is 12.4 Å². The molecular formula is C20H33IN4O. The van der Waals surface area contributed by atoms with Crippen LogP contribution >= 0.6 is 24.0 Å². The lowest BCUT2D eigenvalue weighted by atomic mass is 9.99. The number of guanidine groups is 1. The molecule has 1 atom stereocenters. The lowest BCUT2D eigenvalue weighted by Crippen LogP contribution is -2.43. The number of hydrogen-bond donors (Lipinski definition) is 2. The van der Waals surface area contributed by atoms with Gasteiger partial charge in [0.2, 0.25) is 0 Å². The van der Waals surface area contributed by atoms with Crippen molar-refractivity contribution in [2.24, 2.45) is 10.9 Å². The van der Waals surface area contributed by atoms with E-state index in [4.69, 9.17) is 9.73 Å². The van der Waals surface area contributed by atoms with Crippen molar-refractivity contribution in [3.8, 4) is 5.75 Å². The molecule has 1 aromatic rings. The first-order chi connectivity index (χ1) is 12.2. The van der Waals surface area contributed by atoms with Gasteiger partial charge in [-0.2, -0.15) is 0 Å². The summed E-state index contributed by atoms with van der Waals surface area (Å²) in [6.07, 6.45) is 4.33. The number of rotatable bonds is 8. The van der Waals surface area contributed by atoms with Crippen LogP contribution in [0, 0.1) is 5.92 Å². The zero-order valence-corrected chi connectivity index (χ0v) is 18.4.